The Kier molecular flexibility index (Phi) is 46.5. The number of carbonyl (C=O) groups excluding carboxylic acids is 3. The molecule has 1 atom stereocenters. The van der Waals surface area contributed by atoms with Gasteiger partial charge in [-0.15, -0.1) is 0 Å². The van der Waals surface area contributed by atoms with Crippen molar-refractivity contribution in [1.29, 1.82) is 0 Å². The van der Waals surface area contributed by atoms with Crippen LogP contribution in [0.1, 0.15) is 226 Å². The summed E-state index contributed by atoms with van der Waals surface area (Å²) in [5, 5.41) is 0. The van der Waals surface area contributed by atoms with Crippen molar-refractivity contribution in [2.24, 2.45) is 0 Å². The van der Waals surface area contributed by atoms with Gasteiger partial charge in [0.05, 0.1) is 0 Å². The zero-order chi connectivity index (χ0) is 44.4. The molecule has 0 aliphatic heterocycles. The van der Waals surface area contributed by atoms with Crippen LogP contribution in [0.25, 0.3) is 0 Å². The second kappa shape index (κ2) is 49.2. The fraction of sp³-hybridized carbons (Fsp3) is 0.691. The van der Waals surface area contributed by atoms with E-state index in [9.17, 15) is 14.4 Å². The van der Waals surface area contributed by atoms with Gasteiger partial charge in [0.25, 0.3) is 0 Å². The Morgan fingerprint density at radius 3 is 1.02 bits per heavy atom. The molecule has 1 unspecified atom stereocenters. The van der Waals surface area contributed by atoms with E-state index in [0.717, 1.165) is 128 Å². The average molecular weight is 849 g/mol. The van der Waals surface area contributed by atoms with Crippen LogP contribution < -0.4 is 0 Å². The van der Waals surface area contributed by atoms with E-state index in [2.05, 4.69) is 106 Å². The highest BCUT2D eigenvalue weighted by atomic mass is 16.6. The van der Waals surface area contributed by atoms with E-state index in [1.54, 1.807) is 0 Å². The van der Waals surface area contributed by atoms with Gasteiger partial charge in [0.1, 0.15) is 13.2 Å². The molecular weight excluding hydrogens is 757 g/mol. The molecule has 0 spiro atoms. The molecule has 348 valence electrons. The van der Waals surface area contributed by atoms with Crippen molar-refractivity contribution in [1.82, 2.24) is 0 Å². The molecule has 0 aliphatic rings. The number of ether oxygens (including phenoxy) is 3. The first-order valence-electron chi connectivity index (χ1n) is 25.1. The molecule has 0 aromatic rings. The predicted molar refractivity (Wildman–Crippen MR) is 261 cm³/mol. The minimum atomic E-state index is -0.792. The highest BCUT2D eigenvalue weighted by molar-refractivity contribution is 5.71. The van der Waals surface area contributed by atoms with E-state index in [4.69, 9.17) is 14.2 Å². The number of esters is 3. The quantitative estimate of drug-likeness (QED) is 0.0263. The summed E-state index contributed by atoms with van der Waals surface area (Å²) in [5.74, 6) is -0.931. The third-order valence-corrected chi connectivity index (χ3v) is 10.4. The highest BCUT2D eigenvalue weighted by Gasteiger charge is 2.19. The highest BCUT2D eigenvalue weighted by Crippen LogP contribution is 2.14. The lowest BCUT2D eigenvalue weighted by atomic mass is 10.1. The second-order valence-electron chi connectivity index (χ2n) is 16.3. The molecule has 0 rings (SSSR count). The van der Waals surface area contributed by atoms with Crippen molar-refractivity contribution in [2.45, 2.75) is 232 Å². The number of hydrogen-bond acceptors (Lipinski definition) is 6. The Morgan fingerprint density at radius 2 is 0.639 bits per heavy atom. The lowest BCUT2D eigenvalue weighted by molar-refractivity contribution is -0.167. The number of allylic oxidation sites excluding steroid dienone is 14. The Morgan fingerprint density at radius 1 is 0.344 bits per heavy atom. The number of carbonyl (C=O) groups is 3. The van der Waals surface area contributed by atoms with Crippen molar-refractivity contribution in [2.75, 3.05) is 13.2 Å². The van der Waals surface area contributed by atoms with Crippen LogP contribution >= 0.6 is 0 Å². The van der Waals surface area contributed by atoms with Crippen LogP contribution in [0.2, 0.25) is 0 Å². The fourth-order valence-corrected chi connectivity index (χ4v) is 6.63. The Labute approximate surface area is 375 Å². The van der Waals surface area contributed by atoms with Crippen LogP contribution in [0, 0.1) is 0 Å². The topological polar surface area (TPSA) is 78.9 Å². The van der Waals surface area contributed by atoms with E-state index >= 15 is 0 Å². The second-order valence-corrected chi connectivity index (χ2v) is 16.3. The molecule has 0 aromatic heterocycles. The van der Waals surface area contributed by atoms with Gasteiger partial charge in [-0.2, -0.15) is 0 Å². The first-order chi connectivity index (χ1) is 30.0. The lowest BCUT2D eigenvalue weighted by Crippen LogP contribution is -2.30. The summed E-state index contributed by atoms with van der Waals surface area (Å²) in [7, 11) is 0. The molecule has 0 saturated heterocycles. The summed E-state index contributed by atoms with van der Waals surface area (Å²) in [6.45, 7) is 6.34. The van der Waals surface area contributed by atoms with Gasteiger partial charge < -0.3 is 14.2 Å². The number of hydrogen-bond donors (Lipinski definition) is 0. The minimum absolute atomic E-state index is 0.0920. The Balaban J connectivity index is 4.42. The smallest absolute Gasteiger partial charge is 0.306 e. The summed E-state index contributed by atoms with van der Waals surface area (Å²) in [4.78, 5) is 37.9. The molecule has 0 heterocycles. The van der Waals surface area contributed by atoms with Gasteiger partial charge in [-0.1, -0.05) is 189 Å². The van der Waals surface area contributed by atoms with Crippen LogP contribution in [-0.2, 0) is 28.6 Å². The standard InChI is InChI=1S/C55H92O6/c1-4-7-10-13-16-19-22-24-26-27-29-30-33-36-39-42-45-48-54(57)60-51-52(50-59-53(56)47-44-41-38-35-32-21-18-15-12-9-6-3)61-55(58)49-46-43-40-37-34-31-28-25-23-20-17-14-11-8-5-2/h7-8,10-11,15-20,24-26,28,52H,4-6,9,12-14,21-23,27,29-51H2,1-3H3/b10-7-,11-8-,18-15-,19-16-,20-17-,26-24-,28-25-. The van der Waals surface area contributed by atoms with Crippen LogP contribution in [0.4, 0.5) is 0 Å². The molecule has 0 bridgehead atoms. The summed E-state index contributed by atoms with van der Waals surface area (Å²) >= 11 is 0. The van der Waals surface area contributed by atoms with Crippen molar-refractivity contribution in [3.05, 3.63) is 85.1 Å². The fourth-order valence-electron chi connectivity index (χ4n) is 6.63. The maximum atomic E-state index is 12.8. The van der Waals surface area contributed by atoms with E-state index in [1.165, 1.54) is 57.8 Å². The molecule has 0 fully saturated rings. The molecule has 6 heteroatoms. The summed E-state index contributed by atoms with van der Waals surface area (Å²) in [6, 6.07) is 0. The zero-order valence-electron chi connectivity index (χ0n) is 39.7. The van der Waals surface area contributed by atoms with Crippen LogP contribution in [0.15, 0.2) is 85.1 Å². The molecule has 0 saturated carbocycles. The first kappa shape index (κ1) is 57.6. The molecule has 61 heavy (non-hydrogen) atoms. The summed E-state index contributed by atoms with van der Waals surface area (Å²) < 4.78 is 16.7. The number of rotatable bonds is 44. The Bertz CT molecular complexity index is 1200. The van der Waals surface area contributed by atoms with Crippen molar-refractivity contribution in [3.63, 3.8) is 0 Å². The SMILES string of the molecule is CC/C=C\C/C=C\C/C=C\CCCCCCCCCC(=O)OCC(COC(=O)CCCCCCC/C=C\CCCC)OC(=O)CCCCCCC/C=C\C/C=C\C/C=C\CC. The van der Waals surface area contributed by atoms with E-state index in [1.807, 2.05) is 0 Å². The molecule has 0 radical (unpaired) electrons. The van der Waals surface area contributed by atoms with Gasteiger partial charge in [-0.25, -0.2) is 0 Å². The zero-order valence-corrected chi connectivity index (χ0v) is 39.7. The maximum absolute atomic E-state index is 12.8. The molecule has 0 amide bonds. The minimum Gasteiger partial charge on any atom is -0.462 e. The molecule has 0 aromatic carbocycles. The molecule has 0 N–H and O–H groups in total. The Hall–Kier alpha value is -3.41. The third-order valence-electron chi connectivity index (χ3n) is 10.4. The van der Waals surface area contributed by atoms with E-state index < -0.39 is 6.10 Å². The number of unbranched alkanes of at least 4 members (excludes halogenated alkanes) is 19. The normalized spacial score (nSPS) is 12.8. The van der Waals surface area contributed by atoms with Gasteiger partial charge in [0.15, 0.2) is 6.10 Å². The third kappa shape index (κ3) is 47.5. The average Bonchev–Trinajstić information content (AvgIpc) is 3.26. The monoisotopic (exact) mass is 849 g/mol. The van der Waals surface area contributed by atoms with Gasteiger partial charge in [0, 0.05) is 19.3 Å². The van der Waals surface area contributed by atoms with Crippen LogP contribution in [-0.4, -0.2) is 37.2 Å². The molecular formula is C55H92O6. The van der Waals surface area contributed by atoms with Gasteiger partial charge in [-0.05, 0) is 103 Å². The lowest BCUT2D eigenvalue weighted by Gasteiger charge is -2.18. The van der Waals surface area contributed by atoms with Crippen LogP contribution in [0.5, 0.6) is 0 Å². The van der Waals surface area contributed by atoms with Crippen molar-refractivity contribution in [3.8, 4) is 0 Å². The molecule has 0 aliphatic carbocycles. The maximum Gasteiger partial charge on any atom is 0.306 e. The first-order valence-corrected chi connectivity index (χ1v) is 25.1. The molecule has 6 nitrogen and oxygen atoms in total. The van der Waals surface area contributed by atoms with Crippen molar-refractivity contribution >= 4 is 17.9 Å². The van der Waals surface area contributed by atoms with Gasteiger partial charge >= 0.3 is 17.9 Å². The largest absolute Gasteiger partial charge is 0.462 e. The van der Waals surface area contributed by atoms with Gasteiger partial charge in [0.2, 0.25) is 0 Å². The summed E-state index contributed by atoms with van der Waals surface area (Å²) in [6.07, 6.45) is 62.8. The van der Waals surface area contributed by atoms with Crippen LogP contribution in [0.3, 0.4) is 0 Å². The predicted octanol–water partition coefficient (Wildman–Crippen LogP) is 16.4. The van der Waals surface area contributed by atoms with E-state index in [0.29, 0.717) is 19.3 Å². The van der Waals surface area contributed by atoms with Gasteiger partial charge in [-0.3, -0.25) is 14.4 Å². The van der Waals surface area contributed by atoms with E-state index in [-0.39, 0.29) is 31.1 Å². The van der Waals surface area contributed by atoms with Crippen molar-refractivity contribution < 1.29 is 28.6 Å². The summed E-state index contributed by atoms with van der Waals surface area (Å²) in [5.41, 5.74) is 0.